The van der Waals surface area contributed by atoms with Crippen molar-refractivity contribution < 1.29 is 0 Å². The van der Waals surface area contributed by atoms with E-state index in [2.05, 4.69) is 13.8 Å². The Balaban J connectivity index is 2.09. The van der Waals surface area contributed by atoms with Gasteiger partial charge in [-0.15, -0.1) is 0 Å². The van der Waals surface area contributed by atoms with E-state index in [1.807, 2.05) is 0 Å². The van der Waals surface area contributed by atoms with Crippen molar-refractivity contribution in [2.24, 2.45) is 17.3 Å². The zero-order chi connectivity index (χ0) is 7.19. The van der Waals surface area contributed by atoms with Gasteiger partial charge in [-0.1, -0.05) is 26.7 Å². The second kappa shape index (κ2) is 1.99. The van der Waals surface area contributed by atoms with Crippen LogP contribution in [0.1, 0.15) is 46.0 Å². The lowest BCUT2D eigenvalue weighted by Crippen LogP contribution is -2.07. The lowest BCUT2D eigenvalue weighted by Gasteiger charge is -2.19. The SMILES string of the molecule is CCC12CCCCC1C2C. The summed E-state index contributed by atoms with van der Waals surface area (Å²) in [7, 11) is 0. The summed E-state index contributed by atoms with van der Waals surface area (Å²) in [5.74, 6) is 2.20. The first kappa shape index (κ1) is 6.69. The van der Waals surface area contributed by atoms with E-state index in [1.54, 1.807) is 0 Å². The molecule has 0 spiro atoms. The molecule has 0 aliphatic heterocycles. The first-order valence-corrected chi connectivity index (χ1v) is 4.81. The van der Waals surface area contributed by atoms with E-state index in [4.69, 9.17) is 0 Å². The van der Waals surface area contributed by atoms with Gasteiger partial charge in [0.05, 0.1) is 0 Å². The number of hydrogen-bond donors (Lipinski definition) is 0. The van der Waals surface area contributed by atoms with Crippen molar-refractivity contribution in [1.82, 2.24) is 0 Å². The third-order valence-electron chi connectivity index (χ3n) is 4.21. The highest BCUT2D eigenvalue weighted by molar-refractivity contribution is 5.08. The van der Waals surface area contributed by atoms with E-state index in [-0.39, 0.29) is 0 Å². The van der Waals surface area contributed by atoms with Crippen LogP contribution in [0.5, 0.6) is 0 Å². The third-order valence-corrected chi connectivity index (χ3v) is 4.21. The minimum atomic E-state index is 0.845. The fraction of sp³-hybridized carbons (Fsp3) is 1.00. The molecular weight excluding hydrogens is 120 g/mol. The Morgan fingerprint density at radius 2 is 2.20 bits per heavy atom. The molecule has 0 radical (unpaired) electrons. The summed E-state index contributed by atoms with van der Waals surface area (Å²) >= 11 is 0. The highest BCUT2D eigenvalue weighted by atomic mass is 14.6. The lowest BCUT2D eigenvalue weighted by molar-refractivity contribution is 0.320. The Morgan fingerprint density at radius 1 is 1.40 bits per heavy atom. The first-order chi connectivity index (χ1) is 4.81. The summed E-state index contributed by atoms with van der Waals surface area (Å²) in [5.41, 5.74) is 0.845. The number of hydrogen-bond acceptors (Lipinski definition) is 0. The zero-order valence-corrected chi connectivity index (χ0v) is 7.19. The molecule has 0 aromatic carbocycles. The van der Waals surface area contributed by atoms with Crippen molar-refractivity contribution in [3.8, 4) is 0 Å². The molecule has 0 N–H and O–H groups in total. The van der Waals surface area contributed by atoms with Gasteiger partial charge in [-0.25, -0.2) is 0 Å². The average Bonchev–Trinajstić information content (AvgIpc) is 2.60. The molecule has 3 atom stereocenters. The van der Waals surface area contributed by atoms with Gasteiger partial charge < -0.3 is 0 Å². The minimum absolute atomic E-state index is 0.845. The van der Waals surface area contributed by atoms with E-state index >= 15 is 0 Å². The van der Waals surface area contributed by atoms with Gasteiger partial charge in [0.25, 0.3) is 0 Å². The molecule has 0 nitrogen and oxygen atoms in total. The largest absolute Gasteiger partial charge is 0.0648 e. The Bertz CT molecular complexity index is 139. The average molecular weight is 138 g/mol. The molecular formula is C10H18. The maximum atomic E-state index is 2.46. The van der Waals surface area contributed by atoms with Crippen LogP contribution >= 0.6 is 0 Å². The van der Waals surface area contributed by atoms with Crippen LogP contribution in [0, 0.1) is 17.3 Å². The van der Waals surface area contributed by atoms with Gasteiger partial charge in [-0.2, -0.15) is 0 Å². The van der Waals surface area contributed by atoms with Crippen molar-refractivity contribution in [1.29, 1.82) is 0 Å². The van der Waals surface area contributed by atoms with Crippen LogP contribution in [-0.2, 0) is 0 Å². The normalized spacial score (nSPS) is 52.2. The topological polar surface area (TPSA) is 0 Å². The maximum Gasteiger partial charge on any atom is -0.0241 e. The molecule has 2 aliphatic carbocycles. The smallest absolute Gasteiger partial charge is 0.0241 e. The maximum absolute atomic E-state index is 2.46. The summed E-state index contributed by atoms with van der Waals surface area (Å²) in [5, 5.41) is 0. The summed E-state index contributed by atoms with van der Waals surface area (Å²) in [4.78, 5) is 0. The van der Waals surface area contributed by atoms with Crippen molar-refractivity contribution in [2.45, 2.75) is 46.0 Å². The van der Waals surface area contributed by atoms with Gasteiger partial charge in [0.15, 0.2) is 0 Å². The van der Waals surface area contributed by atoms with Crippen LogP contribution < -0.4 is 0 Å². The Labute approximate surface area is 64.0 Å². The van der Waals surface area contributed by atoms with Crippen molar-refractivity contribution in [3.05, 3.63) is 0 Å². The Hall–Kier alpha value is 0. The summed E-state index contributed by atoms with van der Waals surface area (Å²) in [6.07, 6.45) is 7.54. The van der Waals surface area contributed by atoms with E-state index in [9.17, 15) is 0 Å². The monoisotopic (exact) mass is 138 g/mol. The molecule has 10 heavy (non-hydrogen) atoms. The van der Waals surface area contributed by atoms with Crippen LogP contribution in [0.15, 0.2) is 0 Å². The van der Waals surface area contributed by atoms with Crippen LogP contribution in [0.4, 0.5) is 0 Å². The fourth-order valence-corrected chi connectivity index (χ4v) is 3.33. The van der Waals surface area contributed by atoms with Crippen molar-refractivity contribution >= 4 is 0 Å². The van der Waals surface area contributed by atoms with Crippen LogP contribution in [0.2, 0.25) is 0 Å². The molecule has 0 bridgehead atoms. The lowest BCUT2D eigenvalue weighted by atomic mass is 9.86. The molecule has 0 aromatic heterocycles. The van der Waals surface area contributed by atoms with Gasteiger partial charge in [0.2, 0.25) is 0 Å². The minimum Gasteiger partial charge on any atom is -0.0648 e. The zero-order valence-electron chi connectivity index (χ0n) is 7.19. The summed E-state index contributed by atoms with van der Waals surface area (Å²) in [6, 6.07) is 0. The molecule has 58 valence electrons. The quantitative estimate of drug-likeness (QED) is 0.522. The van der Waals surface area contributed by atoms with Gasteiger partial charge >= 0.3 is 0 Å². The Kier molecular flexibility index (Phi) is 1.33. The molecule has 2 fully saturated rings. The first-order valence-electron chi connectivity index (χ1n) is 4.81. The predicted molar refractivity (Wildman–Crippen MR) is 43.8 cm³/mol. The van der Waals surface area contributed by atoms with Crippen LogP contribution in [0.3, 0.4) is 0 Å². The van der Waals surface area contributed by atoms with E-state index < -0.39 is 0 Å². The molecule has 2 rings (SSSR count). The van der Waals surface area contributed by atoms with E-state index in [0.717, 1.165) is 17.3 Å². The highest BCUT2D eigenvalue weighted by Crippen LogP contribution is 2.67. The molecule has 0 aromatic rings. The van der Waals surface area contributed by atoms with Crippen molar-refractivity contribution in [2.75, 3.05) is 0 Å². The van der Waals surface area contributed by atoms with Gasteiger partial charge in [-0.05, 0) is 36.5 Å². The summed E-state index contributed by atoms with van der Waals surface area (Å²) in [6.45, 7) is 4.83. The molecule has 2 saturated carbocycles. The Morgan fingerprint density at radius 3 is 2.70 bits per heavy atom. The molecule has 0 heterocycles. The standard InChI is InChI=1S/C10H18/c1-3-10-7-5-4-6-9(10)8(10)2/h8-9H,3-7H2,1-2H3. The van der Waals surface area contributed by atoms with Crippen LogP contribution in [-0.4, -0.2) is 0 Å². The predicted octanol–water partition coefficient (Wildman–Crippen LogP) is 3.22. The van der Waals surface area contributed by atoms with Gasteiger partial charge in [0, 0.05) is 0 Å². The van der Waals surface area contributed by atoms with Gasteiger partial charge in [0.1, 0.15) is 0 Å². The molecule has 3 unspecified atom stereocenters. The van der Waals surface area contributed by atoms with E-state index in [0.29, 0.717) is 0 Å². The van der Waals surface area contributed by atoms with E-state index in [1.165, 1.54) is 32.1 Å². The molecule has 0 saturated heterocycles. The second-order valence-electron chi connectivity index (χ2n) is 4.23. The third kappa shape index (κ3) is 0.627. The number of rotatable bonds is 1. The number of fused-ring (bicyclic) bond motifs is 1. The summed E-state index contributed by atoms with van der Waals surface area (Å²) < 4.78 is 0. The molecule has 0 amide bonds. The molecule has 0 heteroatoms. The van der Waals surface area contributed by atoms with Gasteiger partial charge in [-0.3, -0.25) is 0 Å². The second-order valence-corrected chi connectivity index (χ2v) is 4.23. The van der Waals surface area contributed by atoms with Crippen LogP contribution in [0.25, 0.3) is 0 Å². The fourth-order valence-electron chi connectivity index (χ4n) is 3.33. The highest BCUT2D eigenvalue weighted by Gasteiger charge is 2.60. The molecule has 2 aliphatic rings. The van der Waals surface area contributed by atoms with Crippen molar-refractivity contribution in [3.63, 3.8) is 0 Å².